The lowest BCUT2D eigenvalue weighted by Gasteiger charge is -2.23. The van der Waals surface area contributed by atoms with E-state index in [0.29, 0.717) is 31.7 Å². The molecule has 4 heteroatoms. The van der Waals surface area contributed by atoms with Crippen molar-refractivity contribution in [2.75, 3.05) is 19.8 Å². The molecular weight excluding hydrogens is 233 g/mol. The van der Waals surface area contributed by atoms with Crippen molar-refractivity contribution >= 4 is 0 Å². The molecule has 0 spiro atoms. The van der Waals surface area contributed by atoms with Crippen molar-refractivity contribution in [2.45, 2.75) is 32.5 Å². The summed E-state index contributed by atoms with van der Waals surface area (Å²) < 4.78 is 24.7. The van der Waals surface area contributed by atoms with Crippen LogP contribution < -0.4 is 5.73 Å². The molecule has 0 aliphatic heterocycles. The number of hydrogen-bond acceptors (Lipinski definition) is 3. The molecule has 0 saturated heterocycles. The smallest absolute Gasteiger partial charge is 0.158 e. The van der Waals surface area contributed by atoms with Crippen LogP contribution in [0.1, 0.15) is 31.7 Å². The van der Waals surface area contributed by atoms with Crippen LogP contribution in [0.3, 0.4) is 0 Å². The molecule has 0 fully saturated rings. The first-order chi connectivity index (χ1) is 8.72. The van der Waals surface area contributed by atoms with Gasteiger partial charge in [0.2, 0.25) is 0 Å². The first kappa shape index (κ1) is 15.1. The van der Waals surface area contributed by atoms with E-state index in [0.717, 1.165) is 0 Å². The second-order valence-corrected chi connectivity index (χ2v) is 4.03. The van der Waals surface area contributed by atoms with Gasteiger partial charge in [0.1, 0.15) is 5.82 Å². The summed E-state index contributed by atoms with van der Waals surface area (Å²) in [4.78, 5) is 0. The van der Waals surface area contributed by atoms with Crippen LogP contribution in [0, 0.1) is 5.82 Å². The van der Waals surface area contributed by atoms with Gasteiger partial charge in [0.25, 0.3) is 0 Å². The van der Waals surface area contributed by atoms with Crippen molar-refractivity contribution in [2.24, 2.45) is 5.73 Å². The van der Waals surface area contributed by atoms with Gasteiger partial charge in [-0.15, -0.1) is 0 Å². The summed E-state index contributed by atoms with van der Waals surface area (Å²) in [5.41, 5.74) is 6.37. The molecule has 0 aliphatic carbocycles. The lowest BCUT2D eigenvalue weighted by atomic mass is 9.95. The van der Waals surface area contributed by atoms with Crippen LogP contribution in [-0.4, -0.2) is 26.0 Å². The van der Waals surface area contributed by atoms with E-state index >= 15 is 0 Å². The Kier molecular flexibility index (Phi) is 6.86. The lowest BCUT2D eigenvalue weighted by molar-refractivity contribution is -0.142. The highest BCUT2D eigenvalue weighted by Crippen LogP contribution is 2.24. The van der Waals surface area contributed by atoms with Crippen molar-refractivity contribution in [1.29, 1.82) is 0 Å². The maximum Gasteiger partial charge on any atom is 0.158 e. The zero-order valence-electron chi connectivity index (χ0n) is 11.1. The van der Waals surface area contributed by atoms with Gasteiger partial charge >= 0.3 is 0 Å². The van der Waals surface area contributed by atoms with Gasteiger partial charge in [0.05, 0.1) is 0 Å². The first-order valence-electron chi connectivity index (χ1n) is 6.40. The normalized spacial score (nSPS) is 12.9. The summed E-state index contributed by atoms with van der Waals surface area (Å²) >= 11 is 0. The molecule has 1 aromatic carbocycles. The van der Waals surface area contributed by atoms with Crippen LogP contribution in [0.5, 0.6) is 0 Å². The Hall–Kier alpha value is -0.970. The summed E-state index contributed by atoms with van der Waals surface area (Å²) in [7, 11) is 0. The van der Waals surface area contributed by atoms with E-state index < -0.39 is 0 Å². The van der Waals surface area contributed by atoms with E-state index in [9.17, 15) is 4.39 Å². The molecule has 102 valence electrons. The van der Waals surface area contributed by atoms with Gasteiger partial charge < -0.3 is 15.2 Å². The molecule has 0 saturated carbocycles. The Morgan fingerprint density at radius 3 is 2.28 bits per heavy atom. The van der Waals surface area contributed by atoms with Crippen LogP contribution in [0.25, 0.3) is 0 Å². The van der Waals surface area contributed by atoms with E-state index in [-0.39, 0.29) is 18.0 Å². The van der Waals surface area contributed by atoms with Gasteiger partial charge in [-0.3, -0.25) is 0 Å². The van der Waals surface area contributed by atoms with Crippen molar-refractivity contribution in [3.8, 4) is 0 Å². The monoisotopic (exact) mass is 255 g/mol. The number of halogens is 1. The molecule has 3 nitrogen and oxygen atoms in total. The van der Waals surface area contributed by atoms with Gasteiger partial charge in [0.15, 0.2) is 6.29 Å². The second kappa shape index (κ2) is 8.19. The zero-order chi connectivity index (χ0) is 13.4. The van der Waals surface area contributed by atoms with Crippen LogP contribution >= 0.6 is 0 Å². The largest absolute Gasteiger partial charge is 0.353 e. The van der Waals surface area contributed by atoms with Crippen LogP contribution in [-0.2, 0) is 9.47 Å². The average Bonchev–Trinajstić information content (AvgIpc) is 2.37. The molecular formula is C14H22FNO2. The van der Waals surface area contributed by atoms with Crippen molar-refractivity contribution < 1.29 is 13.9 Å². The highest BCUT2D eigenvalue weighted by molar-refractivity contribution is 5.22. The number of hydrogen-bond donors (Lipinski definition) is 1. The van der Waals surface area contributed by atoms with Gasteiger partial charge in [-0.1, -0.05) is 18.2 Å². The number of nitrogens with two attached hydrogens (primary N) is 1. The summed E-state index contributed by atoms with van der Waals surface area (Å²) in [6, 6.07) is 6.71. The molecule has 2 N–H and O–H groups in total. The summed E-state index contributed by atoms with van der Waals surface area (Å²) in [6.07, 6.45) is 0.243. The Bertz CT molecular complexity index is 340. The number of ether oxygens (including phenoxy) is 2. The minimum Gasteiger partial charge on any atom is -0.353 e. The van der Waals surface area contributed by atoms with E-state index in [2.05, 4.69) is 0 Å². The summed E-state index contributed by atoms with van der Waals surface area (Å²) in [6.45, 7) is 5.33. The molecule has 0 radical (unpaired) electrons. The van der Waals surface area contributed by atoms with Gasteiger partial charge in [-0.25, -0.2) is 4.39 Å². The predicted molar refractivity (Wildman–Crippen MR) is 69.9 cm³/mol. The fourth-order valence-corrected chi connectivity index (χ4v) is 1.94. The molecule has 0 amide bonds. The Labute approximate surface area is 108 Å². The highest BCUT2D eigenvalue weighted by atomic mass is 19.1. The summed E-state index contributed by atoms with van der Waals surface area (Å²) in [5, 5.41) is 0. The average molecular weight is 255 g/mol. The third-order valence-electron chi connectivity index (χ3n) is 2.81. The van der Waals surface area contributed by atoms with Crippen LogP contribution in [0.2, 0.25) is 0 Å². The van der Waals surface area contributed by atoms with E-state index in [1.165, 1.54) is 6.07 Å². The third kappa shape index (κ3) is 4.37. The van der Waals surface area contributed by atoms with Crippen LogP contribution in [0.4, 0.5) is 4.39 Å². The SMILES string of the molecule is CCOC(CC(CN)c1ccccc1F)OCC. The van der Waals surface area contributed by atoms with Crippen molar-refractivity contribution in [3.05, 3.63) is 35.6 Å². The Morgan fingerprint density at radius 1 is 1.17 bits per heavy atom. The van der Waals surface area contributed by atoms with Crippen molar-refractivity contribution in [3.63, 3.8) is 0 Å². The maximum absolute atomic E-state index is 13.7. The minimum absolute atomic E-state index is 0.0886. The van der Waals surface area contributed by atoms with E-state index in [1.807, 2.05) is 19.9 Å². The number of rotatable bonds is 8. The second-order valence-electron chi connectivity index (χ2n) is 4.03. The first-order valence-corrected chi connectivity index (χ1v) is 6.40. The lowest BCUT2D eigenvalue weighted by Crippen LogP contribution is -2.24. The molecule has 1 aromatic rings. The fraction of sp³-hybridized carbons (Fsp3) is 0.571. The number of benzene rings is 1. The Morgan fingerprint density at radius 2 is 1.78 bits per heavy atom. The Balaban J connectivity index is 2.73. The molecule has 1 atom stereocenters. The molecule has 0 heterocycles. The van der Waals surface area contributed by atoms with Gasteiger partial charge in [-0.05, 0) is 32.0 Å². The van der Waals surface area contributed by atoms with E-state index in [4.69, 9.17) is 15.2 Å². The van der Waals surface area contributed by atoms with Crippen LogP contribution in [0.15, 0.2) is 24.3 Å². The molecule has 18 heavy (non-hydrogen) atoms. The van der Waals surface area contributed by atoms with Gasteiger partial charge in [-0.2, -0.15) is 0 Å². The van der Waals surface area contributed by atoms with Crippen molar-refractivity contribution in [1.82, 2.24) is 0 Å². The topological polar surface area (TPSA) is 44.5 Å². The standard InChI is InChI=1S/C14H22FNO2/c1-3-17-14(18-4-2)9-11(10-16)12-7-5-6-8-13(12)15/h5-8,11,14H,3-4,9-10,16H2,1-2H3. The molecule has 0 aliphatic rings. The molecule has 0 bridgehead atoms. The van der Waals surface area contributed by atoms with Gasteiger partial charge in [0, 0.05) is 25.6 Å². The predicted octanol–water partition coefficient (Wildman–Crippen LogP) is 2.66. The third-order valence-corrected chi connectivity index (χ3v) is 2.81. The maximum atomic E-state index is 13.7. The highest BCUT2D eigenvalue weighted by Gasteiger charge is 2.19. The quantitative estimate of drug-likeness (QED) is 0.726. The minimum atomic E-state index is -0.326. The molecule has 1 unspecified atom stereocenters. The zero-order valence-corrected chi connectivity index (χ0v) is 11.1. The van der Waals surface area contributed by atoms with E-state index in [1.54, 1.807) is 12.1 Å². The molecule has 1 rings (SSSR count). The fourth-order valence-electron chi connectivity index (χ4n) is 1.94. The summed E-state index contributed by atoms with van der Waals surface area (Å²) in [5.74, 6) is -0.311. The molecule has 0 aromatic heterocycles.